The van der Waals surface area contributed by atoms with Gasteiger partial charge >= 0.3 is 0 Å². The quantitative estimate of drug-likeness (QED) is 0.709. The van der Waals surface area contributed by atoms with E-state index in [0.29, 0.717) is 6.04 Å². The van der Waals surface area contributed by atoms with Crippen LogP contribution in [0.2, 0.25) is 0 Å². The molecule has 0 aromatic carbocycles. The van der Waals surface area contributed by atoms with Crippen LogP contribution in [-0.4, -0.2) is 42.6 Å². The molecule has 0 radical (unpaired) electrons. The van der Waals surface area contributed by atoms with Crippen LogP contribution in [0, 0.1) is 0 Å². The number of anilines is 1. The molecule has 0 spiro atoms. The van der Waals surface area contributed by atoms with Gasteiger partial charge in [-0.3, -0.25) is 4.68 Å². The van der Waals surface area contributed by atoms with E-state index < -0.39 is 0 Å². The first kappa shape index (κ1) is 11.8. The first-order valence-electron chi connectivity index (χ1n) is 6.31. The van der Waals surface area contributed by atoms with Crippen molar-refractivity contribution in [3.8, 4) is 0 Å². The predicted octanol–water partition coefficient (Wildman–Crippen LogP) is 1.38. The maximum atomic E-state index is 4.42. The van der Waals surface area contributed by atoms with Crippen molar-refractivity contribution in [2.24, 2.45) is 7.05 Å². The number of halogens is 1. The van der Waals surface area contributed by atoms with Crippen molar-refractivity contribution in [3.63, 3.8) is 0 Å². The fourth-order valence-corrected chi connectivity index (χ4v) is 3.15. The van der Waals surface area contributed by atoms with Crippen LogP contribution < -0.4 is 4.90 Å². The minimum absolute atomic E-state index is 0.408. The zero-order chi connectivity index (χ0) is 13.7. The van der Waals surface area contributed by atoms with Crippen molar-refractivity contribution in [2.45, 2.75) is 6.04 Å². The second-order valence-corrected chi connectivity index (χ2v) is 5.61. The summed E-state index contributed by atoms with van der Waals surface area (Å²) < 4.78 is 4.54. The molecular weight excluding hydrogens is 322 g/mol. The highest BCUT2D eigenvalue weighted by Crippen LogP contribution is 2.34. The van der Waals surface area contributed by atoms with Crippen LogP contribution in [0.4, 0.5) is 5.82 Å². The molecule has 20 heavy (non-hydrogen) atoms. The largest absolute Gasteiger partial charge is 0.351 e. The number of hydrogen-bond donors (Lipinski definition) is 0. The van der Waals surface area contributed by atoms with E-state index in [1.807, 2.05) is 30.2 Å². The average molecular weight is 334 g/mol. The Labute approximate surface area is 123 Å². The summed E-state index contributed by atoms with van der Waals surface area (Å²) in [5.74, 6) is 0.929. The molecule has 4 heterocycles. The Balaban J connectivity index is 1.68. The second-order valence-electron chi connectivity index (χ2n) is 4.86. The highest BCUT2D eigenvalue weighted by atomic mass is 79.9. The Morgan fingerprint density at radius 3 is 2.90 bits per heavy atom. The Morgan fingerprint density at radius 2 is 2.15 bits per heavy atom. The molecule has 1 fully saturated rings. The van der Waals surface area contributed by atoms with Crippen molar-refractivity contribution >= 4 is 32.8 Å². The summed E-state index contributed by atoms with van der Waals surface area (Å²) in [7, 11) is 1.88. The lowest BCUT2D eigenvalue weighted by Gasteiger charge is -2.40. The van der Waals surface area contributed by atoms with Crippen LogP contribution in [0.1, 0.15) is 6.04 Å². The molecule has 1 aliphatic rings. The van der Waals surface area contributed by atoms with Gasteiger partial charge < -0.3 is 4.90 Å². The first-order valence-corrected chi connectivity index (χ1v) is 7.10. The molecule has 8 heteroatoms. The van der Waals surface area contributed by atoms with Crippen LogP contribution >= 0.6 is 15.9 Å². The van der Waals surface area contributed by atoms with Gasteiger partial charge in [0.2, 0.25) is 0 Å². The molecule has 102 valence electrons. The van der Waals surface area contributed by atoms with Gasteiger partial charge in [-0.2, -0.15) is 10.2 Å². The standard InChI is InChI=1S/C12H12BrN7/c1-18-11-9(10(13)17-18)12(15-7-14-11)19-5-8(6-19)20-4-2-3-16-20/h2-4,7-8H,5-6H2,1H3. The van der Waals surface area contributed by atoms with Crippen molar-refractivity contribution in [1.82, 2.24) is 29.5 Å². The van der Waals surface area contributed by atoms with E-state index in [2.05, 4.69) is 41.0 Å². The number of aromatic nitrogens is 6. The van der Waals surface area contributed by atoms with Crippen molar-refractivity contribution in [1.29, 1.82) is 0 Å². The summed E-state index contributed by atoms with van der Waals surface area (Å²) in [6.45, 7) is 1.80. The minimum Gasteiger partial charge on any atom is -0.351 e. The fourth-order valence-electron chi connectivity index (χ4n) is 2.56. The summed E-state index contributed by atoms with van der Waals surface area (Å²) in [6.07, 6.45) is 5.40. The van der Waals surface area contributed by atoms with Crippen molar-refractivity contribution in [3.05, 3.63) is 29.4 Å². The number of rotatable bonds is 2. The third kappa shape index (κ3) is 1.64. The van der Waals surface area contributed by atoms with E-state index in [1.54, 1.807) is 11.0 Å². The number of nitrogens with zero attached hydrogens (tertiary/aromatic N) is 7. The molecule has 0 aliphatic carbocycles. The normalized spacial score (nSPS) is 15.8. The molecular formula is C12H12BrN7. The Morgan fingerprint density at radius 1 is 1.30 bits per heavy atom. The van der Waals surface area contributed by atoms with E-state index in [0.717, 1.165) is 34.5 Å². The molecule has 0 N–H and O–H groups in total. The summed E-state index contributed by atoms with van der Waals surface area (Å²) in [5, 5.41) is 9.60. The number of aryl methyl sites for hydroxylation is 1. The van der Waals surface area contributed by atoms with Crippen LogP contribution in [-0.2, 0) is 7.05 Å². The lowest BCUT2D eigenvalue weighted by atomic mass is 10.1. The number of hydrogen-bond acceptors (Lipinski definition) is 5. The second kappa shape index (κ2) is 4.27. The topological polar surface area (TPSA) is 64.7 Å². The highest BCUT2D eigenvalue weighted by Gasteiger charge is 2.31. The van der Waals surface area contributed by atoms with Crippen molar-refractivity contribution < 1.29 is 0 Å². The van der Waals surface area contributed by atoms with Gasteiger partial charge in [0.25, 0.3) is 0 Å². The van der Waals surface area contributed by atoms with E-state index in [4.69, 9.17) is 0 Å². The molecule has 0 bridgehead atoms. The molecule has 1 aliphatic heterocycles. The fraction of sp³-hybridized carbons (Fsp3) is 0.333. The zero-order valence-corrected chi connectivity index (χ0v) is 12.4. The molecule has 7 nitrogen and oxygen atoms in total. The van der Waals surface area contributed by atoms with Crippen LogP contribution in [0.15, 0.2) is 29.4 Å². The van der Waals surface area contributed by atoms with Crippen LogP contribution in [0.5, 0.6) is 0 Å². The molecule has 3 aromatic rings. The molecule has 1 saturated heterocycles. The van der Waals surface area contributed by atoms with Gasteiger partial charge in [-0.15, -0.1) is 0 Å². The van der Waals surface area contributed by atoms with E-state index in [-0.39, 0.29) is 0 Å². The van der Waals surface area contributed by atoms with Gasteiger partial charge in [-0.1, -0.05) is 0 Å². The van der Waals surface area contributed by atoms with E-state index in [1.165, 1.54) is 0 Å². The summed E-state index contributed by atoms with van der Waals surface area (Å²) in [5.41, 5.74) is 0.837. The maximum Gasteiger partial charge on any atom is 0.164 e. The highest BCUT2D eigenvalue weighted by molar-refractivity contribution is 9.10. The van der Waals surface area contributed by atoms with Crippen molar-refractivity contribution in [2.75, 3.05) is 18.0 Å². The predicted molar refractivity (Wildman–Crippen MR) is 77.5 cm³/mol. The molecule has 0 saturated carbocycles. The molecule has 4 rings (SSSR count). The van der Waals surface area contributed by atoms with Gasteiger partial charge in [-0.05, 0) is 22.0 Å². The van der Waals surface area contributed by atoms with Crippen LogP contribution in [0.25, 0.3) is 11.0 Å². The lowest BCUT2D eigenvalue weighted by molar-refractivity contribution is 0.366. The van der Waals surface area contributed by atoms with Gasteiger partial charge in [0.1, 0.15) is 16.7 Å². The van der Waals surface area contributed by atoms with Gasteiger partial charge in [-0.25, -0.2) is 14.6 Å². The lowest BCUT2D eigenvalue weighted by Crippen LogP contribution is -2.48. The van der Waals surface area contributed by atoms with E-state index in [9.17, 15) is 0 Å². The third-order valence-electron chi connectivity index (χ3n) is 3.62. The zero-order valence-electron chi connectivity index (χ0n) is 10.8. The Bertz CT molecular complexity index is 758. The first-order chi connectivity index (χ1) is 9.74. The van der Waals surface area contributed by atoms with Gasteiger partial charge in [0.05, 0.1) is 11.4 Å². The summed E-state index contributed by atoms with van der Waals surface area (Å²) in [6, 6.07) is 2.36. The average Bonchev–Trinajstić information content (AvgIpc) is 2.98. The maximum absolute atomic E-state index is 4.42. The van der Waals surface area contributed by atoms with Crippen LogP contribution in [0.3, 0.4) is 0 Å². The number of fused-ring (bicyclic) bond motifs is 1. The smallest absolute Gasteiger partial charge is 0.164 e. The Hall–Kier alpha value is -1.96. The molecule has 3 aromatic heterocycles. The van der Waals surface area contributed by atoms with Gasteiger partial charge in [0.15, 0.2) is 5.65 Å². The Kier molecular flexibility index (Phi) is 2.53. The third-order valence-corrected chi connectivity index (χ3v) is 4.17. The summed E-state index contributed by atoms with van der Waals surface area (Å²) >= 11 is 3.49. The SMILES string of the molecule is Cn1nc(Br)c2c(N3CC(n4cccn4)C3)ncnc21. The molecule has 0 atom stereocenters. The minimum atomic E-state index is 0.408. The molecule has 0 unspecified atom stereocenters. The van der Waals surface area contributed by atoms with Gasteiger partial charge in [0, 0.05) is 32.5 Å². The summed E-state index contributed by atoms with van der Waals surface area (Å²) in [4.78, 5) is 10.9. The monoisotopic (exact) mass is 333 g/mol. The molecule has 0 amide bonds. The van der Waals surface area contributed by atoms with E-state index >= 15 is 0 Å².